The number of hydrogen-bond donors (Lipinski definition) is 1. The Labute approximate surface area is 115 Å². The third-order valence-corrected chi connectivity index (χ3v) is 4.01. The van der Waals surface area contributed by atoms with E-state index in [1.807, 2.05) is 4.72 Å². The van der Waals surface area contributed by atoms with E-state index in [-0.39, 0.29) is 11.8 Å². The summed E-state index contributed by atoms with van der Waals surface area (Å²) in [6.07, 6.45) is 1.51. The number of amides is 1. The van der Waals surface area contributed by atoms with E-state index >= 15 is 0 Å². The van der Waals surface area contributed by atoms with Crippen molar-refractivity contribution < 1.29 is 13.2 Å². The van der Waals surface area contributed by atoms with Crippen LogP contribution in [0, 0.1) is 5.92 Å². The molecule has 4 nitrogen and oxygen atoms in total. The van der Waals surface area contributed by atoms with Crippen LogP contribution < -0.4 is 4.72 Å². The highest BCUT2D eigenvalue weighted by atomic mass is 35.5. The summed E-state index contributed by atoms with van der Waals surface area (Å²) in [5.74, 6) is -0.983. The highest BCUT2D eigenvalue weighted by Gasteiger charge is 2.46. The first-order valence-electron chi connectivity index (χ1n) is 5.25. The van der Waals surface area contributed by atoms with Crippen molar-refractivity contribution in [3.05, 3.63) is 33.8 Å². The summed E-state index contributed by atoms with van der Waals surface area (Å²) >= 11 is 12.1. The molecular weight excluding hydrogens is 297 g/mol. The normalized spacial score (nSPS) is 22.6. The smallest absolute Gasteiger partial charge is 0.237 e. The Balaban J connectivity index is 2.14. The van der Waals surface area contributed by atoms with Crippen LogP contribution in [0.15, 0.2) is 18.2 Å². The Hall–Kier alpha value is -0.780. The molecule has 2 atom stereocenters. The first-order valence-corrected chi connectivity index (χ1v) is 7.90. The molecule has 0 bridgehead atoms. The maximum atomic E-state index is 11.7. The molecule has 1 fully saturated rings. The lowest BCUT2D eigenvalue weighted by Gasteiger charge is -2.06. The number of sulfonamides is 1. The zero-order valence-electron chi connectivity index (χ0n) is 9.48. The molecule has 7 heteroatoms. The van der Waals surface area contributed by atoms with Crippen molar-refractivity contribution in [3.8, 4) is 0 Å². The van der Waals surface area contributed by atoms with E-state index in [0.717, 1.165) is 11.8 Å². The first-order chi connectivity index (χ1) is 8.29. The number of benzene rings is 1. The summed E-state index contributed by atoms with van der Waals surface area (Å²) in [4.78, 5) is 11.7. The summed E-state index contributed by atoms with van der Waals surface area (Å²) in [6.45, 7) is 0. The Bertz CT molecular complexity index is 580. The number of carbonyl (C=O) groups excluding carboxylic acids is 1. The van der Waals surface area contributed by atoms with Gasteiger partial charge in [-0.25, -0.2) is 8.42 Å². The Morgan fingerprint density at radius 2 is 1.89 bits per heavy atom. The van der Waals surface area contributed by atoms with Crippen molar-refractivity contribution in [2.75, 3.05) is 6.26 Å². The van der Waals surface area contributed by atoms with Gasteiger partial charge in [-0.1, -0.05) is 29.3 Å². The number of halogens is 2. The van der Waals surface area contributed by atoms with Crippen molar-refractivity contribution in [2.24, 2.45) is 5.92 Å². The van der Waals surface area contributed by atoms with Gasteiger partial charge in [0.05, 0.1) is 6.26 Å². The van der Waals surface area contributed by atoms with Crippen molar-refractivity contribution >= 4 is 39.1 Å². The molecule has 1 saturated carbocycles. The minimum Gasteiger partial charge on any atom is -0.274 e. The van der Waals surface area contributed by atoms with E-state index < -0.39 is 15.9 Å². The fourth-order valence-electron chi connectivity index (χ4n) is 1.93. The second-order valence-electron chi connectivity index (χ2n) is 4.32. The first kappa shape index (κ1) is 13.6. The van der Waals surface area contributed by atoms with E-state index in [1.165, 1.54) is 0 Å². The Morgan fingerprint density at radius 3 is 2.39 bits per heavy atom. The van der Waals surface area contributed by atoms with E-state index in [1.54, 1.807) is 18.2 Å². The molecule has 2 rings (SSSR count). The predicted octanol–water partition coefficient (Wildman–Crippen LogP) is 2.17. The third kappa shape index (κ3) is 2.96. The molecule has 98 valence electrons. The van der Waals surface area contributed by atoms with Crippen molar-refractivity contribution in [3.63, 3.8) is 0 Å². The van der Waals surface area contributed by atoms with Crippen LogP contribution >= 0.6 is 23.2 Å². The van der Waals surface area contributed by atoms with E-state index in [4.69, 9.17) is 23.2 Å². The average Bonchev–Trinajstić information content (AvgIpc) is 2.94. The van der Waals surface area contributed by atoms with Crippen LogP contribution in [0.3, 0.4) is 0 Å². The van der Waals surface area contributed by atoms with E-state index in [2.05, 4.69) is 0 Å². The fourth-order valence-corrected chi connectivity index (χ4v) is 3.12. The lowest BCUT2D eigenvalue weighted by Crippen LogP contribution is -2.30. The minimum atomic E-state index is -3.52. The highest BCUT2D eigenvalue weighted by Crippen LogP contribution is 2.51. The lowest BCUT2D eigenvalue weighted by atomic mass is 10.1. The zero-order valence-corrected chi connectivity index (χ0v) is 11.8. The van der Waals surface area contributed by atoms with Crippen LogP contribution in [0.4, 0.5) is 0 Å². The van der Waals surface area contributed by atoms with Gasteiger partial charge >= 0.3 is 0 Å². The number of hydrogen-bond acceptors (Lipinski definition) is 3. The zero-order chi connectivity index (χ0) is 13.5. The predicted molar refractivity (Wildman–Crippen MR) is 70.3 cm³/mol. The minimum absolute atomic E-state index is 0.104. The van der Waals surface area contributed by atoms with Gasteiger partial charge in [-0.2, -0.15) is 0 Å². The fraction of sp³-hybridized carbons (Fsp3) is 0.364. The molecule has 0 saturated heterocycles. The average molecular weight is 308 g/mol. The molecule has 0 heterocycles. The van der Waals surface area contributed by atoms with Gasteiger partial charge in [-0.05, 0) is 30.0 Å². The van der Waals surface area contributed by atoms with Gasteiger partial charge in [0.25, 0.3) is 0 Å². The maximum absolute atomic E-state index is 11.7. The second-order valence-corrected chi connectivity index (χ2v) is 6.89. The van der Waals surface area contributed by atoms with Crippen molar-refractivity contribution in [1.29, 1.82) is 0 Å². The summed E-state index contributed by atoms with van der Waals surface area (Å²) < 4.78 is 23.9. The monoisotopic (exact) mass is 307 g/mol. The molecular formula is C11H11Cl2NO3S. The van der Waals surface area contributed by atoms with Crippen LogP contribution in [0.25, 0.3) is 0 Å². The van der Waals surface area contributed by atoms with Crippen molar-refractivity contribution in [1.82, 2.24) is 4.72 Å². The quantitative estimate of drug-likeness (QED) is 0.931. The van der Waals surface area contributed by atoms with Gasteiger partial charge in [0.1, 0.15) is 0 Å². The van der Waals surface area contributed by atoms with Crippen LogP contribution in [0.5, 0.6) is 0 Å². The summed E-state index contributed by atoms with van der Waals surface area (Å²) in [7, 11) is -3.52. The van der Waals surface area contributed by atoms with Crippen LogP contribution in [-0.4, -0.2) is 20.6 Å². The summed E-state index contributed by atoms with van der Waals surface area (Å²) in [5.41, 5.74) is 0.717. The number of carbonyl (C=O) groups is 1. The molecule has 1 aromatic carbocycles. The molecule has 0 aliphatic heterocycles. The molecule has 0 spiro atoms. The summed E-state index contributed by atoms with van der Waals surface area (Å²) in [5, 5.41) is 1.00. The molecule has 1 aliphatic carbocycles. The van der Waals surface area contributed by atoms with Gasteiger partial charge in [0.2, 0.25) is 15.9 Å². The third-order valence-electron chi connectivity index (χ3n) is 2.78. The van der Waals surface area contributed by atoms with E-state index in [0.29, 0.717) is 16.5 Å². The molecule has 1 aromatic rings. The highest BCUT2D eigenvalue weighted by molar-refractivity contribution is 7.89. The molecule has 2 unspecified atom stereocenters. The molecule has 0 radical (unpaired) electrons. The van der Waals surface area contributed by atoms with Gasteiger partial charge in [0.15, 0.2) is 0 Å². The SMILES string of the molecule is CS(=O)(=O)NC(=O)C1CC1c1c(Cl)cccc1Cl. The summed E-state index contributed by atoms with van der Waals surface area (Å²) in [6, 6.07) is 5.13. The molecule has 1 aliphatic rings. The van der Waals surface area contributed by atoms with Crippen LogP contribution in [-0.2, 0) is 14.8 Å². The van der Waals surface area contributed by atoms with Gasteiger partial charge < -0.3 is 0 Å². The van der Waals surface area contributed by atoms with Crippen LogP contribution in [0.1, 0.15) is 17.9 Å². The second kappa shape index (κ2) is 4.72. The number of nitrogens with one attached hydrogen (secondary N) is 1. The molecule has 1 amide bonds. The largest absolute Gasteiger partial charge is 0.274 e. The topological polar surface area (TPSA) is 63.2 Å². The Kier molecular flexibility index (Phi) is 3.58. The van der Waals surface area contributed by atoms with E-state index in [9.17, 15) is 13.2 Å². The molecule has 18 heavy (non-hydrogen) atoms. The van der Waals surface area contributed by atoms with Crippen molar-refractivity contribution in [2.45, 2.75) is 12.3 Å². The molecule has 0 aromatic heterocycles. The Morgan fingerprint density at radius 1 is 1.33 bits per heavy atom. The standard InChI is InChI=1S/C11H11Cl2NO3S/c1-18(16,17)14-11(15)7-5-6(7)10-8(12)3-2-4-9(10)13/h2-4,6-7H,5H2,1H3,(H,14,15). The lowest BCUT2D eigenvalue weighted by molar-refractivity contribution is -0.120. The van der Waals surface area contributed by atoms with Crippen LogP contribution in [0.2, 0.25) is 10.0 Å². The van der Waals surface area contributed by atoms with Gasteiger partial charge in [-0.3, -0.25) is 9.52 Å². The molecule has 1 N–H and O–H groups in total. The van der Waals surface area contributed by atoms with Gasteiger partial charge in [0, 0.05) is 16.0 Å². The van der Waals surface area contributed by atoms with Gasteiger partial charge in [-0.15, -0.1) is 0 Å². The number of rotatable bonds is 3. The maximum Gasteiger partial charge on any atom is 0.237 e.